The van der Waals surface area contributed by atoms with Gasteiger partial charge in [-0.25, -0.2) is 4.39 Å². The number of Topliss-reactive ketones (excluding diaryl/α,β-unsaturated/α-hetero) is 1. The number of halogens is 1. The van der Waals surface area contributed by atoms with Gasteiger partial charge in [0.2, 0.25) is 0 Å². The zero-order valence-corrected chi connectivity index (χ0v) is 6.73. The molecule has 0 aromatic heterocycles. The van der Waals surface area contributed by atoms with Crippen molar-refractivity contribution in [3.05, 3.63) is 24.1 Å². The van der Waals surface area contributed by atoms with Crippen LogP contribution in [-0.2, 0) is 4.79 Å². The quantitative estimate of drug-likeness (QED) is 0.566. The third-order valence-corrected chi connectivity index (χ3v) is 2.14. The van der Waals surface area contributed by atoms with E-state index in [1.165, 1.54) is 19.1 Å². The van der Waals surface area contributed by atoms with Crippen molar-refractivity contribution in [2.75, 3.05) is 0 Å². The van der Waals surface area contributed by atoms with Gasteiger partial charge in [-0.3, -0.25) is 4.79 Å². The summed E-state index contributed by atoms with van der Waals surface area (Å²) < 4.78 is 12.5. The molecule has 60 valence electrons. The standard InChI is InChI=1S/C9H11FO/c1-7(11)9(2)5-3-8(10)4-6-9/h3-5H,6H2,1-2H3. The van der Waals surface area contributed by atoms with E-state index in [0.29, 0.717) is 6.42 Å². The average Bonchev–Trinajstić information content (AvgIpc) is 1.95. The third-order valence-electron chi connectivity index (χ3n) is 2.14. The Hall–Kier alpha value is -0.920. The predicted octanol–water partition coefficient (Wildman–Crippen LogP) is 2.40. The molecule has 0 bridgehead atoms. The molecule has 1 aliphatic carbocycles. The molecule has 0 amide bonds. The van der Waals surface area contributed by atoms with Gasteiger partial charge in [0.05, 0.1) is 0 Å². The maximum atomic E-state index is 12.5. The number of allylic oxidation sites excluding steroid dienone is 4. The Bertz CT molecular complexity index is 240. The van der Waals surface area contributed by atoms with E-state index in [4.69, 9.17) is 0 Å². The summed E-state index contributed by atoms with van der Waals surface area (Å²) in [5.41, 5.74) is -0.477. The lowest BCUT2D eigenvalue weighted by Crippen LogP contribution is -2.23. The second-order valence-electron chi connectivity index (χ2n) is 3.10. The van der Waals surface area contributed by atoms with Crippen LogP contribution in [-0.4, -0.2) is 5.78 Å². The summed E-state index contributed by atoms with van der Waals surface area (Å²) in [7, 11) is 0. The molecule has 1 rings (SSSR count). The van der Waals surface area contributed by atoms with Crippen molar-refractivity contribution in [1.29, 1.82) is 0 Å². The number of hydrogen-bond acceptors (Lipinski definition) is 1. The Labute approximate surface area is 65.6 Å². The molecule has 0 aliphatic heterocycles. The van der Waals surface area contributed by atoms with E-state index in [0.717, 1.165) is 0 Å². The fraction of sp³-hybridized carbons (Fsp3) is 0.444. The second-order valence-corrected chi connectivity index (χ2v) is 3.10. The number of rotatable bonds is 1. The summed E-state index contributed by atoms with van der Waals surface area (Å²) in [6, 6.07) is 0. The van der Waals surface area contributed by atoms with Gasteiger partial charge in [-0.05, 0) is 32.4 Å². The van der Waals surface area contributed by atoms with E-state index in [2.05, 4.69) is 0 Å². The van der Waals surface area contributed by atoms with E-state index < -0.39 is 5.41 Å². The van der Waals surface area contributed by atoms with Crippen molar-refractivity contribution in [3.8, 4) is 0 Å². The molecule has 0 saturated carbocycles. The normalized spacial score (nSPS) is 29.9. The molecule has 0 saturated heterocycles. The molecular weight excluding hydrogens is 143 g/mol. The van der Waals surface area contributed by atoms with Crippen LogP contribution in [0.25, 0.3) is 0 Å². The highest BCUT2D eigenvalue weighted by molar-refractivity contribution is 5.84. The molecule has 2 heteroatoms. The summed E-state index contributed by atoms with van der Waals surface area (Å²) in [6.45, 7) is 3.34. The van der Waals surface area contributed by atoms with Crippen LogP contribution in [0.3, 0.4) is 0 Å². The molecule has 1 aliphatic rings. The number of carbonyl (C=O) groups excluding carboxylic acids is 1. The Morgan fingerprint density at radius 1 is 1.73 bits per heavy atom. The lowest BCUT2D eigenvalue weighted by molar-refractivity contribution is -0.123. The molecule has 0 N–H and O–H groups in total. The summed E-state index contributed by atoms with van der Waals surface area (Å²) >= 11 is 0. The van der Waals surface area contributed by atoms with Crippen LogP contribution in [0.4, 0.5) is 4.39 Å². The van der Waals surface area contributed by atoms with Crippen LogP contribution in [0.2, 0.25) is 0 Å². The van der Waals surface area contributed by atoms with Crippen LogP contribution in [0.15, 0.2) is 24.1 Å². The maximum Gasteiger partial charge on any atom is 0.139 e. The molecular formula is C9H11FO. The van der Waals surface area contributed by atoms with E-state index in [1.54, 1.807) is 6.08 Å². The topological polar surface area (TPSA) is 17.1 Å². The van der Waals surface area contributed by atoms with Crippen molar-refractivity contribution in [2.45, 2.75) is 20.3 Å². The monoisotopic (exact) mass is 154 g/mol. The van der Waals surface area contributed by atoms with Crippen LogP contribution in [0.5, 0.6) is 0 Å². The van der Waals surface area contributed by atoms with Crippen LogP contribution < -0.4 is 0 Å². The van der Waals surface area contributed by atoms with Crippen molar-refractivity contribution in [2.24, 2.45) is 5.41 Å². The highest BCUT2D eigenvalue weighted by Crippen LogP contribution is 2.30. The van der Waals surface area contributed by atoms with Crippen molar-refractivity contribution in [1.82, 2.24) is 0 Å². The maximum absolute atomic E-state index is 12.5. The minimum absolute atomic E-state index is 0.0810. The van der Waals surface area contributed by atoms with Crippen LogP contribution in [0.1, 0.15) is 20.3 Å². The Balaban J connectivity index is 2.82. The van der Waals surface area contributed by atoms with Crippen LogP contribution in [0, 0.1) is 5.41 Å². The Morgan fingerprint density at radius 3 is 2.73 bits per heavy atom. The molecule has 0 aromatic rings. The minimum Gasteiger partial charge on any atom is -0.299 e. The zero-order valence-electron chi connectivity index (χ0n) is 6.73. The summed E-state index contributed by atoms with van der Waals surface area (Å²) in [5.74, 6) is -0.166. The van der Waals surface area contributed by atoms with Crippen LogP contribution >= 0.6 is 0 Å². The van der Waals surface area contributed by atoms with Gasteiger partial charge in [0.25, 0.3) is 0 Å². The van der Waals surface area contributed by atoms with Gasteiger partial charge in [0.15, 0.2) is 0 Å². The highest BCUT2D eigenvalue weighted by Gasteiger charge is 2.27. The van der Waals surface area contributed by atoms with Gasteiger partial charge in [-0.2, -0.15) is 0 Å². The van der Waals surface area contributed by atoms with E-state index in [9.17, 15) is 9.18 Å². The molecule has 0 spiro atoms. The molecule has 1 atom stereocenters. The Kier molecular flexibility index (Phi) is 1.94. The van der Waals surface area contributed by atoms with Crippen molar-refractivity contribution >= 4 is 5.78 Å². The fourth-order valence-corrected chi connectivity index (χ4v) is 0.970. The first-order chi connectivity index (χ1) is 5.04. The smallest absolute Gasteiger partial charge is 0.139 e. The highest BCUT2D eigenvalue weighted by atomic mass is 19.1. The van der Waals surface area contributed by atoms with Gasteiger partial charge in [-0.1, -0.05) is 6.08 Å². The molecule has 11 heavy (non-hydrogen) atoms. The second kappa shape index (κ2) is 2.61. The van der Waals surface area contributed by atoms with E-state index in [-0.39, 0.29) is 11.6 Å². The fourth-order valence-electron chi connectivity index (χ4n) is 0.970. The van der Waals surface area contributed by atoms with Gasteiger partial charge in [0, 0.05) is 5.41 Å². The summed E-state index contributed by atoms with van der Waals surface area (Å²) in [5, 5.41) is 0. The van der Waals surface area contributed by atoms with Crippen molar-refractivity contribution < 1.29 is 9.18 Å². The van der Waals surface area contributed by atoms with Crippen molar-refractivity contribution in [3.63, 3.8) is 0 Å². The molecule has 1 nitrogen and oxygen atoms in total. The zero-order chi connectivity index (χ0) is 8.48. The van der Waals surface area contributed by atoms with E-state index >= 15 is 0 Å². The van der Waals surface area contributed by atoms with Gasteiger partial charge in [-0.15, -0.1) is 0 Å². The Morgan fingerprint density at radius 2 is 2.36 bits per heavy atom. The number of carbonyl (C=O) groups is 1. The first-order valence-electron chi connectivity index (χ1n) is 3.60. The molecule has 0 fully saturated rings. The van der Waals surface area contributed by atoms with Gasteiger partial charge in [0.1, 0.15) is 11.6 Å². The first kappa shape index (κ1) is 8.18. The molecule has 1 unspecified atom stereocenters. The van der Waals surface area contributed by atoms with E-state index in [1.807, 2.05) is 6.92 Å². The SMILES string of the molecule is CC(=O)C1(C)C=CC(F)=CC1. The lowest BCUT2D eigenvalue weighted by atomic mass is 9.80. The molecule has 0 aromatic carbocycles. The predicted molar refractivity (Wildman–Crippen MR) is 41.7 cm³/mol. The van der Waals surface area contributed by atoms with Gasteiger partial charge < -0.3 is 0 Å². The number of hydrogen-bond donors (Lipinski definition) is 0. The number of ketones is 1. The average molecular weight is 154 g/mol. The summed E-state index contributed by atoms with van der Waals surface area (Å²) in [6.07, 6.45) is 4.90. The summed E-state index contributed by atoms with van der Waals surface area (Å²) in [4.78, 5) is 11.0. The third kappa shape index (κ3) is 1.56. The van der Waals surface area contributed by atoms with Gasteiger partial charge >= 0.3 is 0 Å². The molecule has 0 radical (unpaired) electrons. The lowest BCUT2D eigenvalue weighted by Gasteiger charge is -2.22. The minimum atomic E-state index is -0.477. The molecule has 0 heterocycles. The largest absolute Gasteiger partial charge is 0.299 e. The first-order valence-corrected chi connectivity index (χ1v) is 3.60.